The fourth-order valence-electron chi connectivity index (χ4n) is 3.34. The van der Waals surface area contributed by atoms with E-state index in [1.54, 1.807) is 0 Å². The molecule has 2 nitrogen and oxygen atoms in total. The average Bonchev–Trinajstić information content (AvgIpc) is 2.81. The molecule has 2 heteroatoms. The molecule has 0 unspecified atom stereocenters. The van der Waals surface area contributed by atoms with Gasteiger partial charge in [-0.2, -0.15) is 0 Å². The Labute approximate surface area is 94.6 Å². The Kier molecular flexibility index (Phi) is 4.04. The lowest BCUT2D eigenvalue weighted by atomic mass is 9.88. The lowest BCUT2D eigenvalue weighted by Crippen LogP contribution is -2.51. The van der Waals surface area contributed by atoms with Gasteiger partial charge in [-0.15, -0.1) is 0 Å². The van der Waals surface area contributed by atoms with Gasteiger partial charge in [0.25, 0.3) is 0 Å². The van der Waals surface area contributed by atoms with Crippen molar-refractivity contribution in [2.24, 2.45) is 0 Å². The summed E-state index contributed by atoms with van der Waals surface area (Å²) in [5.74, 6) is 0. The minimum atomic E-state index is 0.835. The summed E-state index contributed by atoms with van der Waals surface area (Å²) in [6, 6.07) is 1.70. The van der Waals surface area contributed by atoms with Crippen molar-refractivity contribution < 1.29 is 0 Å². The first kappa shape index (κ1) is 11.4. The van der Waals surface area contributed by atoms with Crippen LogP contribution in [-0.2, 0) is 0 Å². The van der Waals surface area contributed by atoms with Crippen LogP contribution in [0.5, 0.6) is 0 Å². The van der Waals surface area contributed by atoms with Crippen LogP contribution in [0, 0.1) is 0 Å². The van der Waals surface area contributed by atoms with E-state index in [2.05, 4.69) is 23.8 Å². The van der Waals surface area contributed by atoms with E-state index in [-0.39, 0.29) is 0 Å². The molecule has 88 valence electrons. The third-order valence-corrected chi connectivity index (χ3v) is 4.37. The fraction of sp³-hybridized carbons (Fsp3) is 1.00. The Morgan fingerprint density at radius 2 is 1.73 bits per heavy atom. The maximum absolute atomic E-state index is 2.76. The minimum Gasteiger partial charge on any atom is -0.302 e. The molecule has 1 heterocycles. The van der Waals surface area contributed by atoms with E-state index in [1.807, 2.05) is 0 Å². The molecular weight excluding hydrogens is 184 g/mol. The van der Waals surface area contributed by atoms with Crippen molar-refractivity contribution in [3.8, 4) is 0 Å². The van der Waals surface area contributed by atoms with Gasteiger partial charge in [-0.1, -0.05) is 19.8 Å². The second-order valence-corrected chi connectivity index (χ2v) is 5.24. The zero-order valence-corrected chi connectivity index (χ0v) is 10.4. The lowest BCUT2D eigenvalue weighted by molar-refractivity contribution is 0.0797. The highest BCUT2D eigenvalue weighted by Gasteiger charge is 2.32. The molecule has 0 amide bonds. The molecule has 2 atom stereocenters. The Hall–Kier alpha value is -0.0800. The van der Waals surface area contributed by atoms with Gasteiger partial charge in [-0.25, -0.2) is 0 Å². The number of hydrogen-bond donors (Lipinski definition) is 0. The molecule has 0 spiro atoms. The van der Waals surface area contributed by atoms with Crippen LogP contribution in [0.25, 0.3) is 0 Å². The van der Waals surface area contributed by atoms with E-state index >= 15 is 0 Å². The topological polar surface area (TPSA) is 6.48 Å². The van der Waals surface area contributed by atoms with E-state index in [1.165, 1.54) is 58.2 Å². The molecule has 1 aliphatic heterocycles. The summed E-state index contributed by atoms with van der Waals surface area (Å²) in [6.07, 6.45) is 8.62. The summed E-state index contributed by atoms with van der Waals surface area (Å²) in [6.45, 7) is 6.21. The van der Waals surface area contributed by atoms with Crippen molar-refractivity contribution in [1.82, 2.24) is 9.80 Å². The van der Waals surface area contributed by atoms with E-state index in [0.29, 0.717) is 0 Å². The van der Waals surface area contributed by atoms with Crippen molar-refractivity contribution in [3.05, 3.63) is 0 Å². The molecule has 0 radical (unpaired) electrons. The van der Waals surface area contributed by atoms with Gasteiger partial charge in [0, 0.05) is 12.1 Å². The number of likely N-dealkylation sites (N-methyl/N-ethyl adjacent to an activating group) is 1. The molecular formula is C13H26N2. The maximum Gasteiger partial charge on any atom is 0.0251 e. The van der Waals surface area contributed by atoms with Crippen LogP contribution in [0.3, 0.4) is 0 Å². The molecule has 0 aromatic carbocycles. The van der Waals surface area contributed by atoms with Gasteiger partial charge in [0.15, 0.2) is 0 Å². The van der Waals surface area contributed by atoms with Gasteiger partial charge in [0.2, 0.25) is 0 Å². The van der Waals surface area contributed by atoms with Crippen molar-refractivity contribution in [3.63, 3.8) is 0 Å². The Morgan fingerprint density at radius 3 is 2.40 bits per heavy atom. The average molecular weight is 210 g/mol. The highest BCUT2D eigenvalue weighted by Crippen LogP contribution is 2.28. The molecule has 2 aliphatic rings. The summed E-state index contributed by atoms with van der Waals surface area (Å²) < 4.78 is 0. The number of nitrogens with zero attached hydrogens (tertiary/aromatic N) is 2. The maximum atomic E-state index is 2.76. The highest BCUT2D eigenvalue weighted by molar-refractivity contribution is 4.90. The predicted molar refractivity (Wildman–Crippen MR) is 65.2 cm³/mol. The fourth-order valence-corrected chi connectivity index (χ4v) is 3.34. The van der Waals surface area contributed by atoms with E-state index in [0.717, 1.165) is 12.1 Å². The van der Waals surface area contributed by atoms with Gasteiger partial charge in [0.1, 0.15) is 0 Å². The molecule has 0 bridgehead atoms. The van der Waals surface area contributed by atoms with Crippen molar-refractivity contribution >= 4 is 0 Å². The summed E-state index contributed by atoms with van der Waals surface area (Å²) >= 11 is 0. The second-order valence-electron chi connectivity index (χ2n) is 5.24. The summed E-state index contributed by atoms with van der Waals surface area (Å²) in [7, 11) is 2.30. The van der Waals surface area contributed by atoms with Crippen LogP contribution in [0.4, 0.5) is 0 Å². The number of likely N-dealkylation sites (tertiary alicyclic amines) is 1. The molecule has 15 heavy (non-hydrogen) atoms. The first-order valence-corrected chi connectivity index (χ1v) is 6.77. The van der Waals surface area contributed by atoms with Crippen molar-refractivity contribution in [2.45, 2.75) is 57.5 Å². The zero-order chi connectivity index (χ0) is 10.7. The predicted octanol–water partition coefficient (Wildman–Crippen LogP) is 2.35. The first-order valence-electron chi connectivity index (χ1n) is 6.77. The van der Waals surface area contributed by atoms with Crippen LogP contribution in [0.2, 0.25) is 0 Å². The zero-order valence-electron chi connectivity index (χ0n) is 10.4. The van der Waals surface area contributed by atoms with E-state index in [9.17, 15) is 0 Å². The monoisotopic (exact) mass is 210 g/mol. The van der Waals surface area contributed by atoms with Crippen LogP contribution >= 0.6 is 0 Å². The van der Waals surface area contributed by atoms with Gasteiger partial charge in [-0.3, -0.25) is 4.90 Å². The minimum absolute atomic E-state index is 0.835. The number of rotatable bonds is 3. The highest BCUT2D eigenvalue weighted by atomic mass is 15.2. The van der Waals surface area contributed by atoms with Crippen LogP contribution in [0.15, 0.2) is 0 Å². The van der Waals surface area contributed by atoms with Gasteiger partial charge >= 0.3 is 0 Å². The summed E-state index contributed by atoms with van der Waals surface area (Å²) in [5.41, 5.74) is 0. The second kappa shape index (κ2) is 5.31. The molecule has 0 aromatic rings. The molecule has 0 aromatic heterocycles. The van der Waals surface area contributed by atoms with Crippen LogP contribution in [0.1, 0.15) is 45.4 Å². The standard InChI is InChI=1S/C13H26N2/c1-3-14(2)12-8-4-5-9-13(12)15-10-6-7-11-15/h12-13H,3-11H2,1-2H3/t12-,13-/m1/s1. The van der Waals surface area contributed by atoms with Gasteiger partial charge < -0.3 is 4.90 Å². The molecule has 0 N–H and O–H groups in total. The van der Waals surface area contributed by atoms with Gasteiger partial charge in [-0.05, 0) is 52.4 Å². The molecule has 1 aliphatic carbocycles. The van der Waals surface area contributed by atoms with Crippen molar-refractivity contribution in [1.29, 1.82) is 0 Å². The Bertz CT molecular complexity index is 187. The van der Waals surface area contributed by atoms with E-state index in [4.69, 9.17) is 0 Å². The van der Waals surface area contributed by atoms with Crippen LogP contribution < -0.4 is 0 Å². The smallest absolute Gasteiger partial charge is 0.0251 e. The van der Waals surface area contributed by atoms with Crippen molar-refractivity contribution in [2.75, 3.05) is 26.7 Å². The summed E-state index contributed by atoms with van der Waals surface area (Å²) in [4.78, 5) is 5.33. The lowest BCUT2D eigenvalue weighted by Gasteiger charge is -2.42. The first-order chi connectivity index (χ1) is 7.33. The quantitative estimate of drug-likeness (QED) is 0.705. The Balaban J connectivity index is 1.98. The normalized spacial score (nSPS) is 33.8. The Morgan fingerprint density at radius 1 is 1.07 bits per heavy atom. The third-order valence-electron chi connectivity index (χ3n) is 4.37. The molecule has 1 saturated carbocycles. The largest absolute Gasteiger partial charge is 0.302 e. The molecule has 2 rings (SSSR count). The van der Waals surface area contributed by atoms with Crippen LogP contribution in [-0.4, -0.2) is 48.6 Å². The SMILES string of the molecule is CCN(C)[C@@H]1CCCC[C@H]1N1CCCC1. The van der Waals surface area contributed by atoms with E-state index < -0.39 is 0 Å². The van der Waals surface area contributed by atoms with Gasteiger partial charge in [0.05, 0.1) is 0 Å². The summed E-state index contributed by atoms with van der Waals surface area (Å²) in [5, 5.41) is 0. The molecule has 2 fully saturated rings. The third kappa shape index (κ3) is 2.54. The number of hydrogen-bond acceptors (Lipinski definition) is 2. The molecule has 1 saturated heterocycles.